The van der Waals surface area contributed by atoms with Gasteiger partial charge in [-0.1, -0.05) is 38.9 Å². The van der Waals surface area contributed by atoms with Crippen LogP contribution in [0.4, 0.5) is 8.78 Å². The molecule has 1 aromatic heterocycles. The van der Waals surface area contributed by atoms with Gasteiger partial charge in [-0.05, 0) is 77.8 Å². The van der Waals surface area contributed by atoms with Gasteiger partial charge in [-0.15, -0.1) is 4.72 Å². The number of rotatable bonds is 10. The summed E-state index contributed by atoms with van der Waals surface area (Å²) in [5, 5.41) is 10.5. The maximum Gasteiger partial charge on any atom is 0.147 e. The molecule has 0 bridgehead atoms. The van der Waals surface area contributed by atoms with Crippen molar-refractivity contribution in [2.75, 3.05) is 19.0 Å². The average Bonchev–Trinajstić information content (AvgIpc) is 2.83. The van der Waals surface area contributed by atoms with Crippen LogP contribution in [0.3, 0.4) is 0 Å². The Kier molecular flexibility index (Phi) is 10.4. The van der Waals surface area contributed by atoms with Gasteiger partial charge >= 0.3 is 0 Å². The number of alkyl halides is 1. The number of thiol groups is 1. The predicted molar refractivity (Wildman–Crippen MR) is 153 cm³/mol. The third-order valence-electron chi connectivity index (χ3n) is 7.79. The van der Waals surface area contributed by atoms with Gasteiger partial charge < -0.3 is 4.55 Å². The lowest BCUT2D eigenvalue weighted by atomic mass is 9.99. The summed E-state index contributed by atoms with van der Waals surface area (Å²) in [6.07, 6.45) is 1.01. The van der Waals surface area contributed by atoms with E-state index in [9.17, 15) is 14.0 Å². The van der Waals surface area contributed by atoms with Crippen molar-refractivity contribution in [3.63, 3.8) is 0 Å². The van der Waals surface area contributed by atoms with E-state index in [1.807, 2.05) is 20.8 Å². The molecule has 36 heavy (non-hydrogen) atoms. The van der Waals surface area contributed by atoms with E-state index < -0.39 is 62.8 Å². The van der Waals surface area contributed by atoms with Gasteiger partial charge in [0.05, 0.1) is 14.1 Å². The van der Waals surface area contributed by atoms with Gasteiger partial charge in [-0.25, -0.2) is 13.8 Å². The number of nitrogens with one attached hydrogen (secondary N) is 2. The van der Waals surface area contributed by atoms with Gasteiger partial charge in [-0.3, -0.25) is 8.93 Å². The fourth-order valence-corrected chi connectivity index (χ4v) is 13.3. The Bertz CT molecular complexity index is 1030. The van der Waals surface area contributed by atoms with Crippen LogP contribution in [0, 0.1) is 17.1 Å². The molecule has 12 heteroatoms. The van der Waals surface area contributed by atoms with Crippen molar-refractivity contribution in [1.82, 2.24) is 14.4 Å². The molecule has 206 valence electrons. The first kappa shape index (κ1) is 31.8. The minimum absolute atomic E-state index is 0.234. The van der Waals surface area contributed by atoms with Crippen LogP contribution in [0.25, 0.3) is 0 Å². The van der Waals surface area contributed by atoms with Crippen molar-refractivity contribution < 1.29 is 17.5 Å². The molecule has 0 unspecified atom stereocenters. The molecule has 3 atom stereocenters. The fraction of sp³-hybridized carbons (Fsp3) is 0.750. The number of hydrogen-bond acceptors (Lipinski definition) is 5. The molecule has 1 fully saturated rings. The zero-order chi connectivity index (χ0) is 27.6. The van der Waals surface area contributed by atoms with Gasteiger partial charge in [0, 0.05) is 23.7 Å². The summed E-state index contributed by atoms with van der Waals surface area (Å²) in [6.45, 7) is 12.1. The summed E-state index contributed by atoms with van der Waals surface area (Å²) in [7, 11) is -5.90. The molecule has 0 aromatic carbocycles. The summed E-state index contributed by atoms with van der Waals surface area (Å²) in [4.78, 5) is 4.39. The summed E-state index contributed by atoms with van der Waals surface area (Å²) in [5.41, 5.74) is -2.20. The Morgan fingerprint density at radius 2 is 1.94 bits per heavy atom. The molecule has 2 N–H and O–H groups in total. The number of halogens is 3. The normalized spacial score (nSPS) is 23.9. The minimum Gasteiger partial charge on any atom is -0.598 e. The van der Waals surface area contributed by atoms with Crippen LogP contribution in [0.2, 0.25) is 18.1 Å². The van der Waals surface area contributed by atoms with Gasteiger partial charge in [0.2, 0.25) is 0 Å². The van der Waals surface area contributed by atoms with E-state index >= 15 is 8.78 Å². The summed E-state index contributed by atoms with van der Waals surface area (Å²) in [6, 6.07) is 6.24. The SMILES string of the molecule is CC[Si](CC)(CC)c1cc(Br)nc([C@](CF)(C[SH]2(=O)NCCC[C@]2(C)C#N)N[S@+]([O-])C(C)(C)C)c1F. The van der Waals surface area contributed by atoms with Gasteiger partial charge in [-0.2, -0.15) is 5.26 Å². The van der Waals surface area contributed by atoms with E-state index in [-0.39, 0.29) is 5.69 Å². The monoisotopic (exact) mass is 626 g/mol. The highest BCUT2D eigenvalue weighted by Gasteiger charge is 2.53. The maximum absolute atomic E-state index is 16.6. The molecule has 1 saturated heterocycles. The molecule has 0 saturated carbocycles. The molecule has 0 radical (unpaired) electrons. The Hall–Kier alpha value is -0.423. The van der Waals surface area contributed by atoms with Crippen LogP contribution < -0.4 is 14.6 Å². The van der Waals surface area contributed by atoms with Crippen LogP contribution in [-0.2, 0) is 27.0 Å². The van der Waals surface area contributed by atoms with Crippen molar-refractivity contribution in [3.8, 4) is 6.07 Å². The maximum atomic E-state index is 16.6. The molecule has 0 aliphatic carbocycles. The third-order valence-corrected chi connectivity index (χ3v) is 19.1. The van der Waals surface area contributed by atoms with E-state index in [1.54, 1.807) is 33.8 Å². The van der Waals surface area contributed by atoms with Crippen molar-refractivity contribution >= 4 is 50.7 Å². The number of hydrogen-bond donors (Lipinski definition) is 3. The molecular weight excluding hydrogens is 586 g/mol. The molecule has 2 heterocycles. The van der Waals surface area contributed by atoms with Crippen LogP contribution in [-0.4, -0.2) is 50.3 Å². The van der Waals surface area contributed by atoms with Gasteiger partial charge in [0.1, 0.15) is 37.8 Å². The Morgan fingerprint density at radius 3 is 2.42 bits per heavy atom. The third kappa shape index (κ3) is 5.92. The lowest BCUT2D eigenvalue weighted by Crippen LogP contribution is -2.64. The molecule has 2 rings (SSSR count). The molecule has 1 aliphatic heterocycles. The van der Waals surface area contributed by atoms with Crippen LogP contribution in [0.1, 0.15) is 67.0 Å². The van der Waals surface area contributed by atoms with Crippen molar-refractivity contribution in [2.24, 2.45) is 0 Å². The molecule has 0 spiro atoms. The molecule has 1 aliphatic rings. The van der Waals surface area contributed by atoms with Gasteiger partial charge in [0.25, 0.3) is 0 Å². The fourth-order valence-electron chi connectivity index (χ4n) is 4.94. The summed E-state index contributed by atoms with van der Waals surface area (Å²) < 4.78 is 63.7. The quantitative estimate of drug-likeness (QED) is 0.153. The van der Waals surface area contributed by atoms with Crippen LogP contribution in [0.15, 0.2) is 10.7 Å². The van der Waals surface area contributed by atoms with E-state index in [0.717, 1.165) is 18.1 Å². The number of aromatic nitrogens is 1. The van der Waals surface area contributed by atoms with Crippen LogP contribution in [0.5, 0.6) is 0 Å². The predicted octanol–water partition coefficient (Wildman–Crippen LogP) is 4.51. The largest absolute Gasteiger partial charge is 0.598 e. The van der Waals surface area contributed by atoms with Crippen molar-refractivity contribution in [1.29, 1.82) is 5.26 Å². The van der Waals surface area contributed by atoms with Crippen molar-refractivity contribution in [2.45, 2.75) is 94.5 Å². The smallest absolute Gasteiger partial charge is 0.147 e. The van der Waals surface area contributed by atoms with E-state index in [2.05, 4.69) is 36.4 Å². The zero-order valence-electron chi connectivity index (χ0n) is 22.4. The molecule has 6 nitrogen and oxygen atoms in total. The summed E-state index contributed by atoms with van der Waals surface area (Å²) in [5.74, 6) is -1.06. The number of pyridine rings is 1. The molecule has 0 amide bonds. The highest BCUT2D eigenvalue weighted by atomic mass is 79.9. The lowest BCUT2D eigenvalue weighted by Gasteiger charge is -2.46. The highest BCUT2D eigenvalue weighted by Crippen LogP contribution is 2.38. The Morgan fingerprint density at radius 1 is 1.36 bits per heavy atom. The Balaban J connectivity index is 2.88. The Labute approximate surface area is 228 Å². The first-order chi connectivity index (χ1) is 16.6. The molecule has 1 aromatic rings. The van der Waals surface area contributed by atoms with E-state index in [0.29, 0.717) is 29.2 Å². The minimum atomic E-state index is -3.62. The highest BCUT2D eigenvalue weighted by molar-refractivity contribution is 9.10. The first-order valence-corrected chi connectivity index (χ1v) is 19.0. The second-order valence-corrected chi connectivity index (χ2v) is 22.1. The second-order valence-electron chi connectivity index (χ2n) is 11.0. The van der Waals surface area contributed by atoms with Gasteiger partial charge in [0.15, 0.2) is 0 Å². The van der Waals surface area contributed by atoms with Crippen LogP contribution >= 0.6 is 15.9 Å². The number of nitrogens with zero attached hydrogens (tertiary/aromatic N) is 2. The van der Waals surface area contributed by atoms with Crippen molar-refractivity contribution in [3.05, 3.63) is 22.2 Å². The second kappa shape index (κ2) is 11.8. The lowest BCUT2D eigenvalue weighted by molar-refractivity contribution is 0.291. The zero-order valence-corrected chi connectivity index (χ0v) is 26.7. The molecular formula is C24H41BrF2N4O2S2Si. The topological polar surface area (TPSA) is 101 Å². The number of nitriles is 1. The summed E-state index contributed by atoms with van der Waals surface area (Å²) >= 11 is 1.57. The van der Waals surface area contributed by atoms with E-state index in [1.165, 1.54) is 0 Å². The van der Waals surface area contributed by atoms with E-state index in [4.69, 9.17) is 0 Å². The average molecular weight is 628 g/mol. The first-order valence-electron chi connectivity index (χ1n) is 12.5. The standard InChI is InChI=1S/C24H41BrF2N4O2S2Si/c1-8-36(9-2,10-3)18-14-19(25)30-21(20(18)27)24(15-26,31-34(32)22(4,5)6)17-35(33)23(7,16-28)12-11-13-29-35/h14,31,35H,8-13,15,17H2,1-7H3,(H,29,33)/t23-,24+,34-/m1/s1.